The van der Waals surface area contributed by atoms with Gasteiger partial charge in [0.1, 0.15) is 0 Å². The van der Waals surface area contributed by atoms with Crippen LogP contribution in [0, 0.1) is 0 Å². The Kier molecular flexibility index (Phi) is 29.1. The number of benzene rings is 2. The molecule has 0 saturated carbocycles. The van der Waals surface area contributed by atoms with Crippen LogP contribution in [0.15, 0.2) is 36.4 Å². The minimum atomic E-state index is -3.51. The molecule has 0 radical (unpaired) electrons. The van der Waals surface area contributed by atoms with Crippen molar-refractivity contribution in [1.82, 2.24) is 0 Å². The minimum absolute atomic E-state index is 0.0193. The molecule has 2 N–H and O–H groups in total. The zero-order valence-corrected chi connectivity index (χ0v) is 41.8. The first kappa shape index (κ1) is 56.8. The van der Waals surface area contributed by atoms with Crippen LogP contribution in [-0.4, -0.2) is 153 Å². The highest BCUT2D eigenvalue weighted by Gasteiger charge is 2.25. The maximum Gasteiger partial charge on any atom is 0.264 e. The lowest BCUT2D eigenvalue weighted by Crippen LogP contribution is -2.43. The van der Waals surface area contributed by atoms with Crippen LogP contribution in [0.4, 0.5) is 11.4 Å². The molecule has 2 aromatic rings. The van der Waals surface area contributed by atoms with Crippen molar-refractivity contribution in [3.8, 4) is 0 Å². The molecule has 60 heavy (non-hydrogen) atoms. The second-order valence-corrected chi connectivity index (χ2v) is 24.0. The fourth-order valence-corrected chi connectivity index (χ4v) is 6.82. The Labute approximate surface area is 376 Å². The van der Waals surface area contributed by atoms with Crippen LogP contribution in [0.3, 0.4) is 0 Å². The van der Waals surface area contributed by atoms with E-state index in [9.17, 15) is 18.6 Å². The SMILES string of the molecule is CCc1cc(COS(C)(=O)=O)cc(N(CCOCCOCCOC)CC(C)(C)S(C)=S)c1.COCCOCCOCCN(CC(C)(C)S(C)=S)c1cc(CO)cc(CO)c1. The molecular weight excluding hydrogens is 869 g/mol. The average Bonchev–Trinajstić information content (AvgIpc) is 3.20. The van der Waals surface area contributed by atoms with Gasteiger partial charge in [-0.05, 0) is 93.1 Å². The average molecular weight is 943 g/mol. The third kappa shape index (κ3) is 24.6. The van der Waals surface area contributed by atoms with Crippen molar-refractivity contribution in [1.29, 1.82) is 0 Å². The number of methoxy groups -OCH3 is 2. The van der Waals surface area contributed by atoms with Crippen molar-refractivity contribution < 1.29 is 51.2 Å². The van der Waals surface area contributed by atoms with E-state index in [0.29, 0.717) is 79.2 Å². The van der Waals surface area contributed by atoms with E-state index < -0.39 is 10.1 Å². The molecule has 0 saturated heterocycles. The number of hydrogen-bond donors (Lipinski definition) is 2. The lowest BCUT2D eigenvalue weighted by atomic mass is 10.1. The van der Waals surface area contributed by atoms with E-state index in [1.165, 1.54) is 0 Å². The zero-order chi connectivity index (χ0) is 45.2. The van der Waals surface area contributed by atoms with Gasteiger partial charge in [-0.1, -0.05) is 41.4 Å². The smallest absolute Gasteiger partial charge is 0.264 e. The van der Waals surface area contributed by atoms with Gasteiger partial charge in [0, 0.05) is 61.3 Å². The van der Waals surface area contributed by atoms with Gasteiger partial charge in [-0.25, -0.2) is 0 Å². The van der Waals surface area contributed by atoms with E-state index >= 15 is 0 Å². The van der Waals surface area contributed by atoms with Crippen molar-refractivity contribution in [3.63, 3.8) is 0 Å². The molecule has 2 rings (SSSR count). The molecular formula is C42H74N2O11S5. The Balaban J connectivity index is 0.000000605. The van der Waals surface area contributed by atoms with Gasteiger partial charge in [0.15, 0.2) is 0 Å². The maximum atomic E-state index is 11.4. The summed E-state index contributed by atoms with van der Waals surface area (Å²) >= 11 is 11.1. The van der Waals surface area contributed by atoms with Crippen molar-refractivity contribution in [2.45, 2.75) is 70.4 Å². The Morgan fingerprint density at radius 3 is 1.30 bits per heavy atom. The van der Waals surface area contributed by atoms with Gasteiger partial charge in [-0.3, -0.25) is 4.18 Å². The Morgan fingerprint density at radius 2 is 0.950 bits per heavy atom. The summed E-state index contributed by atoms with van der Waals surface area (Å²) in [5.74, 6) is 0. The van der Waals surface area contributed by atoms with Gasteiger partial charge in [0.2, 0.25) is 0 Å². The molecule has 0 aliphatic heterocycles. The summed E-state index contributed by atoms with van der Waals surface area (Å²) in [6.07, 6.45) is 6.06. The van der Waals surface area contributed by atoms with Crippen molar-refractivity contribution >= 4 is 62.8 Å². The first-order chi connectivity index (χ1) is 28.3. The van der Waals surface area contributed by atoms with E-state index in [0.717, 1.165) is 59.4 Å². The van der Waals surface area contributed by atoms with Crippen LogP contribution >= 0.6 is 0 Å². The topological polar surface area (TPSA) is 146 Å². The van der Waals surface area contributed by atoms with Gasteiger partial charge in [-0.2, -0.15) is 8.42 Å². The van der Waals surface area contributed by atoms with Gasteiger partial charge in [0.05, 0.1) is 92.1 Å². The van der Waals surface area contributed by atoms with Crippen molar-refractivity contribution in [2.24, 2.45) is 0 Å². The third-order valence-corrected chi connectivity index (χ3v) is 16.0. The monoisotopic (exact) mass is 942 g/mol. The fourth-order valence-electron chi connectivity index (χ4n) is 5.47. The largest absolute Gasteiger partial charge is 0.392 e. The second kappa shape index (κ2) is 30.8. The van der Waals surface area contributed by atoms with E-state index in [2.05, 4.69) is 63.0 Å². The molecule has 0 amide bonds. The van der Waals surface area contributed by atoms with Crippen LogP contribution in [0.1, 0.15) is 56.9 Å². The summed E-state index contributed by atoms with van der Waals surface area (Å²) < 4.78 is 60.1. The lowest BCUT2D eigenvalue weighted by Gasteiger charge is -2.35. The van der Waals surface area contributed by atoms with E-state index in [1.807, 2.05) is 30.3 Å². The third-order valence-electron chi connectivity index (χ3n) is 9.34. The molecule has 0 spiro atoms. The Hall–Kier alpha value is -1.23. The molecule has 0 aliphatic rings. The highest BCUT2D eigenvalue weighted by molar-refractivity contribution is 8.29. The summed E-state index contributed by atoms with van der Waals surface area (Å²) in [5.41, 5.74) is 5.50. The molecule has 0 aromatic heterocycles. The number of aliphatic hydroxyl groups is 2. The minimum Gasteiger partial charge on any atom is -0.392 e. The lowest BCUT2D eigenvalue weighted by molar-refractivity contribution is 0.0264. The van der Waals surface area contributed by atoms with E-state index in [1.54, 1.807) is 14.2 Å². The van der Waals surface area contributed by atoms with Crippen molar-refractivity contribution in [2.75, 3.05) is 135 Å². The van der Waals surface area contributed by atoms with Crippen LogP contribution in [0.2, 0.25) is 0 Å². The van der Waals surface area contributed by atoms with Gasteiger partial charge < -0.3 is 48.4 Å². The highest BCUT2D eigenvalue weighted by atomic mass is 32.8. The van der Waals surface area contributed by atoms with Crippen LogP contribution in [0.5, 0.6) is 0 Å². The summed E-state index contributed by atoms with van der Waals surface area (Å²) in [6.45, 7) is 19.1. The predicted molar refractivity (Wildman–Crippen MR) is 255 cm³/mol. The molecule has 2 aromatic carbocycles. The van der Waals surface area contributed by atoms with Crippen molar-refractivity contribution in [3.05, 3.63) is 58.7 Å². The zero-order valence-electron chi connectivity index (χ0n) is 37.7. The number of rotatable bonds is 32. The normalized spacial score (nSPS) is 13.1. The number of aryl methyl sites for hydroxylation is 1. The fraction of sp³-hybridized carbons (Fsp3) is 0.714. The van der Waals surface area contributed by atoms with Crippen LogP contribution < -0.4 is 9.80 Å². The predicted octanol–water partition coefficient (Wildman–Crippen LogP) is 4.35. The van der Waals surface area contributed by atoms with Gasteiger partial charge in [0.25, 0.3) is 10.1 Å². The molecule has 2 unspecified atom stereocenters. The molecule has 0 fully saturated rings. The van der Waals surface area contributed by atoms with E-state index in [-0.39, 0.29) is 48.2 Å². The quantitative estimate of drug-likeness (QED) is 0.0792. The molecule has 0 aliphatic carbocycles. The Morgan fingerprint density at radius 1 is 0.600 bits per heavy atom. The number of ether oxygens (including phenoxy) is 6. The second-order valence-electron chi connectivity index (χ2n) is 15.4. The molecule has 0 bridgehead atoms. The number of hydrogen-bond acceptors (Lipinski definition) is 15. The van der Waals surface area contributed by atoms with E-state index in [4.69, 9.17) is 55.0 Å². The number of aliphatic hydroxyl groups excluding tert-OH is 2. The summed E-state index contributed by atoms with van der Waals surface area (Å²) in [7, 11) is -0.593. The van der Waals surface area contributed by atoms with Gasteiger partial charge >= 0.3 is 0 Å². The van der Waals surface area contributed by atoms with Crippen LogP contribution in [-0.2, 0) is 110 Å². The summed E-state index contributed by atoms with van der Waals surface area (Å²) in [4.78, 5) is 4.49. The number of nitrogens with zero attached hydrogens (tertiary/aromatic N) is 2. The molecule has 13 nitrogen and oxygen atoms in total. The summed E-state index contributed by atoms with van der Waals surface area (Å²) in [6, 6.07) is 11.9. The first-order valence-electron chi connectivity index (χ1n) is 20.1. The number of anilines is 2. The molecule has 2 atom stereocenters. The summed E-state index contributed by atoms with van der Waals surface area (Å²) in [5, 5.41) is 19.1. The maximum absolute atomic E-state index is 11.4. The van der Waals surface area contributed by atoms with Crippen LogP contribution in [0.25, 0.3) is 0 Å². The molecule has 18 heteroatoms. The highest BCUT2D eigenvalue weighted by Crippen LogP contribution is 2.26. The van der Waals surface area contributed by atoms with Gasteiger partial charge in [-0.15, -0.1) is 18.9 Å². The Bertz CT molecular complexity index is 1630. The first-order valence-corrected chi connectivity index (χ1v) is 27.0. The molecule has 0 heterocycles. The standard InChI is InChI=1S/C22H39NO6S3.C20H35NO5S2/c1-7-19-14-20(17-29-32(6,24)25)16-21(15-19)23(18-22(2,3)31(5)30)8-9-27-12-13-28-11-10-26-4;1-20(2,28(4)27)16-21(5-6-25-9-10-26-8-7-24-3)19-12-17(14-22)11-18(13-19)15-23/h14-16H,7-13,17-18H2,1-6H3;11-13,22-23H,5-10,14-16H2,1-4H3. The molecule has 348 valence electrons.